The standard InChI is InChI=1S/C19H22N4O2S2/c1-6-25-12-7-8-13-18(9-12)27-19(20-13)22-21-14-10-16(24-4)15(23(2)3)11-17(14)26-5/h7-11H,6H2,1-5H3. The summed E-state index contributed by atoms with van der Waals surface area (Å²) >= 11 is 3.11. The quantitative estimate of drug-likeness (QED) is 0.363. The Kier molecular flexibility index (Phi) is 6.18. The molecule has 0 atom stereocenters. The maximum Gasteiger partial charge on any atom is 0.231 e. The van der Waals surface area contributed by atoms with Crippen LogP contribution >= 0.6 is 23.1 Å². The van der Waals surface area contributed by atoms with Gasteiger partial charge < -0.3 is 14.4 Å². The number of azo groups is 1. The van der Waals surface area contributed by atoms with Crippen molar-refractivity contribution in [2.45, 2.75) is 11.8 Å². The van der Waals surface area contributed by atoms with Crippen molar-refractivity contribution in [3.8, 4) is 11.5 Å². The fourth-order valence-corrected chi connectivity index (χ4v) is 3.94. The van der Waals surface area contributed by atoms with E-state index in [0.29, 0.717) is 11.7 Å². The summed E-state index contributed by atoms with van der Waals surface area (Å²) in [4.78, 5) is 7.58. The van der Waals surface area contributed by atoms with Crippen LogP contribution in [0.25, 0.3) is 10.2 Å². The Balaban J connectivity index is 1.94. The number of thiazole rings is 1. The van der Waals surface area contributed by atoms with E-state index in [1.54, 1.807) is 18.9 Å². The smallest absolute Gasteiger partial charge is 0.231 e. The van der Waals surface area contributed by atoms with Gasteiger partial charge in [0, 0.05) is 25.1 Å². The van der Waals surface area contributed by atoms with Crippen molar-refractivity contribution in [3.05, 3.63) is 30.3 Å². The third-order valence-electron chi connectivity index (χ3n) is 3.87. The maximum atomic E-state index is 5.54. The summed E-state index contributed by atoms with van der Waals surface area (Å²) in [6, 6.07) is 9.81. The van der Waals surface area contributed by atoms with Gasteiger partial charge in [-0.05, 0) is 37.4 Å². The number of nitrogens with zero attached hydrogens (tertiary/aromatic N) is 4. The highest BCUT2D eigenvalue weighted by Gasteiger charge is 2.12. The van der Waals surface area contributed by atoms with E-state index in [1.807, 2.05) is 56.4 Å². The second-order valence-electron chi connectivity index (χ2n) is 5.85. The Hall–Kier alpha value is -2.32. The van der Waals surface area contributed by atoms with Gasteiger partial charge in [-0.15, -0.1) is 22.0 Å². The van der Waals surface area contributed by atoms with E-state index in [1.165, 1.54) is 11.3 Å². The number of rotatable bonds is 7. The van der Waals surface area contributed by atoms with Crippen LogP contribution < -0.4 is 14.4 Å². The molecule has 0 bridgehead atoms. The van der Waals surface area contributed by atoms with Crippen molar-refractivity contribution in [2.24, 2.45) is 10.2 Å². The van der Waals surface area contributed by atoms with Crippen LogP contribution in [-0.4, -0.2) is 39.1 Å². The highest BCUT2D eigenvalue weighted by atomic mass is 32.2. The predicted octanol–water partition coefficient (Wildman–Crippen LogP) is 5.91. The summed E-state index contributed by atoms with van der Waals surface area (Å²) in [5.74, 6) is 1.60. The molecule has 0 amide bonds. The minimum absolute atomic E-state index is 0.612. The average Bonchev–Trinajstić information content (AvgIpc) is 3.07. The molecule has 2 aromatic carbocycles. The Morgan fingerprint density at radius 3 is 2.67 bits per heavy atom. The third-order valence-corrected chi connectivity index (χ3v) is 5.53. The molecule has 3 rings (SSSR count). The number of hydrogen-bond donors (Lipinski definition) is 0. The van der Waals surface area contributed by atoms with Gasteiger partial charge in [-0.2, -0.15) is 0 Å². The summed E-state index contributed by atoms with van der Waals surface area (Å²) in [6.07, 6.45) is 2.02. The lowest BCUT2D eigenvalue weighted by Crippen LogP contribution is -2.10. The number of hydrogen-bond acceptors (Lipinski definition) is 8. The number of ether oxygens (including phenoxy) is 2. The molecule has 27 heavy (non-hydrogen) atoms. The lowest BCUT2D eigenvalue weighted by Gasteiger charge is -2.18. The lowest BCUT2D eigenvalue weighted by molar-refractivity contribution is 0.341. The first-order valence-electron chi connectivity index (χ1n) is 8.44. The van der Waals surface area contributed by atoms with E-state index < -0.39 is 0 Å². The van der Waals surface area contributed by atoms with Gasteiger partial charge in [-0.3, -0.25) is 0 Å². The topological polar surface area (TPSA) is 59.3 Å². The van der Waals surface area contributed by atoms with Gasteiger partial charge in [0.2, 0.25) is 5.13 Å². The summed E-state index contributed by atoms with van der Waals surface area (Å²) < 4.78 is 12.1. The fourth-order valence-electron chi connectivity index (χ4n) is 2.58. The molecule has 8 heteroatoms. The molecule has 0 aliphatic rings. The first-order valence-corrected chi connectivity index (χ1v) is 10.5. The van der Waals surface area contributed by atoms with Gasteiger partial charge in [0.1, 0.15) is 17.2 Å². The van der Waals surface area contributed by atoms with E-state index in [2.05, 4.69) is 21.3 Å². The van der Waals surface area contributed by atoms with Crippen molar-refractivity contribution < 1.29 is 9.47 Å². The molecule has 0 saturated heterocycles. The molecule has 0 spiro atoms. The Morgan fingerprint density at radius 1 is 1.19 bits per heavy atom. The van der Waals surface area contributed by atoms with Gasteiger partial charge in [-0.1, -0.05) is 11.3 Å². The molecule has 1 aromatic heterocycles. The highest BCUT2D eigenvalue weighted by Crippen LogP contribution is 2.40. The van der Waals surface area contributed by atoms with Crippen molar-refractivity contribution in [3.63, 3.8) is 0 Å². The largest absolute Gasteiger partial charge is 0.495 e. The normalized spacial score (nSPS) is 11.3. The number of thioether (sulfide) groups is 1. The minimum Gasteiger partial charge on any atom is -0.495 e. The van der Waals surface area contributed by atoms with E-state index in [-0.39, 0.29) is 0 Å². The predicted molar refractivity (Wildman–Crippen MR) is 114 cm³/mol. The van der Waals surface area contributed by atoms with Crippen molar-refractivity contribution in [1.82, 2.24) is 4.98 Å². The van der Waals surface area contributed by atoms with Gasteiger partial charge >= 0.3 is 0 Å². The number of aromatic nitrogens is 1. The summed E-state index contributed by atoms with van der Waals surface area (Å²) in [7, 11) is 5.63. The Labute approximate surface area is 167 Å². The highest BCUT2D eigenvalue weighted by molar-refractivity contribution is 7.98. The molecule has 0 N–H and O–H groups in total. The molecule has 6 nitrogen and oxygen atoms in total. The van der Waals surface area contributed by atoms with Gasteiger partial charge in [0.05, 0.1) is 29.6 Å². The Morgan fingerprint density at radius 2 is 2.00 bits per heavy atom. The van der Waals surface area contributed by atoms with Gasteiger partial charge in [0.25, 0.3) is 0 Å². The van der Waals surface area contributed by atoms with Crippen molar-refractivity contribution in [2.75, 3.05) is 39.0 Å². The third kappa shape index (κ3) is 4.33. The summed E-state index contributed by atoms with van der Waals surface area (Å²) in [5, 5.41) is 9.40. The molecule has 0 aliphatic heterocycles. The number of anilines is 1. The first-order chi connectivity index (χ1) is 13.0. The molecule has 3 aromatic rings. The van der Waals surface area contributed by atoms with Crippen LogP contribution in [0.3, 0.4) is 0 Å². The average molecular weight is 403 g/mol. The molecular weight excluding hydrogens is 380 g/mol. The molecule has 0 radical (unpaired) electrons. The van der Waals surface area contributed by atoms with Crippen LogP contribution in [0.4, 0.5) is 16.5 Å². The molecular formula is C19H22N4O2S2. The van der Waals surface area contributed by atoms with Crippen LogP contribution in [0.1, 0.15) is 6.92 Å². The second kappa shape index (κ2) is 8.58. The van der Waals surface area contributed by atoms with Gasteiger partial charge in [-0.25, -0.2) is 4.98 Å². The van der Waals surface area contributed by atoms with Gasteiger partial charge in [0.15, 0.2) is 0 Å². The zero-order valence-electron chi connectivity index (χ0n) is 16.0. The Bertz CT molecular complexity index is 970. The molecule has 0 fully saturated rings. The minimum atomic E-state index is 0.612. The van der Waals surface area contributed by atoms with Crippen LogP contribution in [0.15, 0.2) is 45.5 Å². The molecule has 1 heterocycles. The van der Waals surface area contributed by atoms with E-state index >= 15 is 0 Å². The van der Waals surface area contributed by atoms with E-state index in [0.717, 1.165) is 38.0 Å². The monoisotopic (exact) mass is 402 g/mol. The zero-order valence-corrected chi connectivity index (χ0v) is 17.6. The van der Waals surface area contributed by atoms with Crippen LogP contribution in [0.5, 0.6) is 11.5 Å². The summed E-state index contributed by atoms with van der Waals surface area (Å²) in [6.45, 7) is 2.61. The van der Waals surface area contributed by atoms with E-state index in [9.17, 15) is 0 Å². The molecule has 0 saturated carbocycles. The molecule has 0 unspecified atom stereocenters. The van der Waals surface area contributed by atoms with Crippen molar-refractivity contribution >= 4 is 49.8 Å². The number of fused-ring (bicyclic) bond motifs is 1. The lowest BCUT2D eigenvalue weighted by atomic mass is 10.2. The van der Waals surface area contributed by atoms with Crippen LogP contribution in [-0.2, 0) is 0 Å². The second-order valence-corrected chi connectivity index (χ2v) is 7.71. The number of methoxy groups -OCH3 is 1. The van der Waals surface area contributed by atoms with E-state index in [4.69, 9.17) is 9.47 Å². The van der Waals surface area contributed by atoms with Crippen molar-refractivity contribution in [1.29, 1.82) is 0 Å². The van der Waals surface area contributed by atoms with Crippen LogP contribution in [0.2, 0.25) is 0 Å². The number of benzene rings is 2. The maximum absolute atomic E-state index is 5.54. The fraction of sp³-hybridized carbons (Fsp3) is 0.316. The zero-order chi connectivity index (χ0) is 19.4. The SMILES string of the molecule is CCOc1ccc2nc(N=Nc3cc(OC)c(N(C)C)cc3SC)sc2c1. The van der Waals surface area contributed by atoms with Crippen LogP contribution in [0, 0.1) is 0 Å². The molecule has 142 valence electrons. The molecule has 0 aliphatic carbocycles. The first kappa shape index (κ1) is 19.4. The summed E-state index contributed by atoms with van der Waals surface area (Å²) in [5.41, 5.74) is 2.66.